The monoisotopic (exact) mass is 353 g/mol. The van der Waals surface area contributed by atoms with Crippen LogP contribution in [0.1, 0.15) is 149 Å². The van der Waals surface area contributed by atoms with Gasteiger partial charge in [-0.15, -0.1) is 0 Å². The van der Waals surface area contributed by atoms with Gasteiger partial charge in [-0.3, -0.25) is 0 Å². The first-order valence-electron chi connectivity index (χ1n) is 11.9. The summed E-state index contributed by atoms with van der Waals surface area (Å²) in [7, 11) is 0. The lowest BCUT2D eigenvalue weighted by Crippen LogP contribution is -2.35. The lowest BCUT2D eigenvalue weighted by molar-refractivity contribution is 0.364. The number of rotatable bonds is 20. The fourth-order valence-electron chi connectivity index (χ4n) is 3.80. The van der Waals surface area contributed by atoms with Crippen LogP contribution < -0.4 is 5.73 Å². The molecule has 25 heavy (non-hydrogen) atoms. The van der Waals surface area contributed by atoms with Gasteiger partial charge in [0.25, 0.3) is 0 Å². The standard InChI is InChI=1S/C24H51N/c1-4-6-8-10-11-12-13-14-15-16-17-18-19-21-23-24(3,25)22-20-9-7-5-2/h4-23,25H2,1-3H3. The summed E-state index contributed by atoms with van der Waals surface area (Å²) in [6.45, 7) is 6.83. The van der Waals surface area contributed by atoms with Crippen LogP contribution in [0.3, 0.4) is 0 Å². The molecule has 0 spiro atoms. The average Bonchev–Trinajstić information content (AvgIpc) is 2.59. The van der Waals surface area contributed by atoms with Crippen LogP contribution in [-0.2, 0) is 0 Å². The van der Waals surface area contributed by atoms with Gasteiger partial charge in [0.15, 0.2) is 0 Å². The van der Waals surface area contributed by atoms with E-state index in [2.05, 4.69) is 20.8 Å². The van der Waals surface area contributed by atoms with Crippen LogP contribution in [0.5, 0.6) is 0 Å². The maximum Gasteiger partial charge on any atom is 0.0125 e. The number of nitrogens with two attached hydrogens (primary N) is 1. The van der Waals surface area contributed by atoms with E-state index in [4.69, 9.17) is 5.73 Å². The van der Waals surface area contributed by atoms with Gasteiger partial charge in [0.1, 0.15) is 0 Å². The third-order valence-electron chi connectivity index (χ3n) is 5.70. The molecular weight excluding hydrogens is 302 g/mol. The molecule has 0 bridgehead atoms. The first kappa shape index (κ1) is 25.0. The molecule has 0 rings (SSSR count). The molecule has 1 heteroatoms. The quantitative estimate of drug-likeness (QED) is 0.218. The summed E-state index contributed by atoms with van der Waals surface area (Å²) < 4.78 is 0. The second-order valence-corrected chi connectivity index (χ2v) is 8.81. The lowest BCUT2D eigenvalue weighted by Gasteiger charge is -2.24. The van der Waals surface area contributed by atoms with Crippen molar-refractivity contribution in [2.75, 3.05) is 0 Å². The van der Waals surface area contributed by atoms with Crippen molar-refractivity contribution in [3.8, 4) is 0 Å². The Bertz CT molecular complexity index is 246. The Balaban J connectivity index is 3.22. The van der Waals surface area contributed by atoms with Gasteiger partial charge >= 0.3 is 0 Å². The molecule has 1 unspecified atom stereocenters. The van der Waals surface area contributed by atoms with E-state index in [1.165, 1.54) is 128 Å². The molecule has 0 saturated heterocycles. The van der Waals surface area contributed by atoms with E-state index < -0.39 is 0 Å². The fraction of sp³-hybridized carbons (Fsp3) is 1.00. The highest BCUT2D eigenvalue weighted by Gasteiger charge is 2.16. The summed E-state index contributed by atoms with van der Waals surface area (Å²) in [5.41, 5.74) is 6.53. The van der Waals surface area contributed by atoms with Gasteiger partial charge in [-0.05, 0) is 19.8 Å². The van der Waals surface area contributed by atoms with Gasteiger partial charge in [-0.25, -0.2) is 0 Å². The van der Waals surface area contributed by atoms with Crippen molar-refractivity contribution in [2.45, 2.75) is 155 Å². The first-order chi connectivity index (χ1) is 12.1. The largest absolute Gasteiger partial charge is 0.325 e. The predicted molar refractivity (Wildman–Crippen MR) is 116 cm³/mol. The molecule has 0 aromatic heterocycles. The molecule has 0 radical (unpaired) electrons. The predicted octanol–water partition coefficient (Wildman–Crippen LogP) is 8.55. The van der Waals surface area contributed by atoms with Crippen LogP contribution in [0.15, 0.2) is 0 Å². The summed E-state index contributed by atoms with van der Waals surface area (Å²) in [5, 5.41) is 0. The zero-order valence-electron chi connectivity index (χ0n) is 18.2. The van der Waals surface area contributed by atoms with Crippen LogP contribution in [-0.4, -0.2) is 5.54 Å². The van der Waals surface area contributed by atoms with Gasteiger partial charge in [-0.2, -0.15) is 0 Å². The molecule has 0 aliphatic rings. The first-order valence-corrected chi connectivity index (χ1v) is 11.9. The van der Waals surface area contributed by atoms with Crippen molar-refractivity contribution in [1.82, 2.24) is 0 Å². The van der Waals surface area contributed by atoms with Crippen molar-refractivity contribution < 1.29 is 0 Å². The highest BCUT2D eigenvalue weighted by Crippen LogP contribution is 2.20. The molecule has 0 aromatic carbocycles. The van der Waals surface area contributed by atoms with E-state index in [1.54, 1.807) is 0 Å². The third kappa shape index (κ3) is 20.1. The Labute approximate surface area is 160 Å². The third-order valence-corrected chi connectivity index (χ3v) is 5.70. The molecule has 0 fully saturated rings. The van der Waals surface area contributed by atoms with Crippen LogP contribution >= 0.6 is 0 Å². The fourth-order valence-corrected chi connectivity index (χ4v) is 3.80. The van der Waals surface area contributed by atoms with Crippen LogP contribution in [0.4, 0.5) is 0 Å². The highest BCUT2D eigenvalue weighted by molar-refractivity contribution is 4.78. The molecule has 0 heterocycles. The normalized spacial score (nSPS) is 13.9. The van der Waals surface area contributed by atoms with Crippen molar-refractivity contribution in [3.05, 3.63) is 0 Å². The second-order valence-electron chi connectivity index (χ2n) is 8.81. The van der Waals surface area contributed by atoms with E-state index >= 15 is 0 Å². The zero-order valence-corrected chi connectivity index (χ0v) is 18.2. The topological polar surface area (TPSA) is 26.0 Å². The number of hydrogen-bond acceptors (Lipinski definition) is 1. The van der Waals surface area contributed by atoms with Crippen LogP contribution in [0.25, 0.3) is 0 Å². The Morgan fingerprint density at radius 3 is 1.00 bits per heavy atom. The maximum atomic E-state index is 6.45. The molecular formula is C24H51N. The Kier molecular flexibility index (Phi) is 18.7. The van der Waals surface area contributed by atoms with E-state index in [9.17, 15) is 0 Å². The van der Waals surface area contributed by atoms with Crippen molar-refractivity contribution in [3.63, 3.8) is 0 Å². The summed E-state index contributed by atoms with van der Waals surface area (Å²) in [6, 6.07) is 0. The molecule has 152 valence electrons. The Morgan fingerprint density at radius 1 is 0.440 bits per heavy atom. The van der Waals surface area contributed by atoms with Gasteiger partial charge < -0.3 is 5.73 Å². The number of unbranched alkanes of at least 4 members (excludes halogenated alkanes) is 16. The lowest BCUT2D eigenvalue weighted by atomic mass is 9.89. The summed E-state index contributed by atoms with van der Waals surface area (Å²) in [4.78, 5) is 0. The summed E-state index contributed by atoms with van der Waals surface area (Å²) in [5.74, 6) is 0. The van der Waals surface area contributed by atoms with Gasteiger partial charge in [0.2, 0.25) is 0 Å². The van der Waals surface area contributed by atoms with E-state index in [0.717, 1.165) is 0 Å². The smallest absolute Gasteiger partial charge is 0.0125 e. The van der Waals surface area contributed by atoms with Crippen molar-refractivity contribution in [1.29, 1.82) is 0 Å². The molecule has 1 nitrogen and oxygen atoms in total. The highest BCUT2D eigenvalue weighted by atomic mass is 14.7. The number of hydrogen-bond donors (Lipinski definition) is 1. The molecule has 0 aliphatic heterocycles. The molecule has 1 atom stereocenters. The molecule has 2 N–H and O–H groups in total. The van der Waals surface area contributed by atoms with E-state index in [1.807, 2.05) is 0 Å². The minimum Gasteiger partial charge on any atom is -0.325 e. The second kappa shape index (κ2) is 18.7. The Morgan fingerprint density at radius 2 is 0.680 bits per heavy atom. The maximum absolute atomic E-state index is 6.45. The van der Waals surface area contributed by atoms with Gasteiger partial charge in [-0.1, -0.05) is 129 Å². The van der Waals surface area contributed by atoms with Gasteiger partial charge in [0.05, 0.1) is 0 Å². The minimum atomic E-state index is 0.0882. The molecule has 0 amide bonds. The van der Waals surface area contributed by atoms with E-state index in [0.29, 0.717) is 0 Å². The van der Waals surface area contributed by atoms with Crippen molar-refractivity contribution in [2.24, 2.45) is 5.73 Å². The van der Waals surface area contributed by atoms with Gasteiger partial charge in [0, 0.05) is 5.54 Å². The average molecular weight is 354 g/mol. The van der Waals surface area contributed by atoms with Crippen molar-refractivity contribution >= 4 is 0 Å². The zero-order chi connectivity index (χ0) is 18.6. The molecule has 0 aromatic rings. The minimum absolute atomic E-state index is 0.0882. The van der Waals surface area contributed by atoms with Crippen LogP contribution in [0, 0.1) is 0 Å². The molecule has 0 aliphatic carbocycles. The SMILES string of the molecule is CCCCCCCCCCCCCCCCC(C)(N)CCCCCC. The summed E-state index contributed by atoms with van der Waals surface area (Å²) >= 11 is 0. The summed E-state index contributed by atoms with van der Waals surface area (Å²) in [6.07, 6.45) is 27.9. The Hall–Kier alpha value is -0.0400. The molecule has 0 saturated carbocycles. The van der Waals surface area contributed by atoms with E-state index in [-0.39, 0.29) is 5.54 Å². The van der Waals surface area contributed by atoms with Crippen LogP contribution in [0.2, 0.25) is 0 Å².